The lowest BCUT2D eigenvalue weighted by atomic mass is 9.64. The number of fused-ring (bicyclic) bond motifs is 3. The average molecular weight is 495 g/mol. The number of anilines is 1. The largest absolute Gasteiger partial charge is 0.390 e. The molecule has 2 bridgehead atoms. The molecule has 10 heteroatoms. The molecule has 1 saturated heterocycles. The van der Waals surface area contributed by atoms with Crippen LogP contribution in [0.25, 0.3) is 22.5 Å². The molecule has 3 aromatic heterocycles. The fourth-order valence-corrected chi connectivity index (χ4v) is 6.63. The maximum Gasteiger partial charge on any atom is 0.295 e. The average Bonchev–Trinajstić information content (AvgIpc) is 3.55. The Labute approximate surface area is 209 Å². The first-order valence-electron chi connectivity index (χ1n) is 13.0. The molecular weight excluding hydrogens is 460 g/mol. The van der Waals surface area contributed by atoms with Gasteiger partial charge in [0.25, 0.3) is 17.6 Å². The highest BCUT2D eigenvalue weighted by Crippen LogP contribution is 2.47. The second kappa shape index (κ2) is 9.15. The van der Waals surface area contributed by atoms with Crippen molar-refractivity contribution in [2.75, 3.05) is 25.5 Å². The second-order valence-corrected chi connectivity index (χ2v) is 11.0. The zero-order chi connectivity index (χ0) is 24.9. The molecule has 2 aliphatic carbocycles. The van der Waals surface area contributed by atoms with Gasteiger partial charge < -0.3 is 29.6 Å². The van der Waals surface area contributed by atoms with E-state index >= 15 is 0 Å². The number of amides is 1. The van der Waals surface area contributed by atoms with Crippen molar-refractivity contribution >= 4 is 22.6 Å². The molecule has 1 aliphatic heterocycles. The van der Waals surface area contributed by atoms with E-state index in [-0.39, 0.29) is 29.8 Å². The molecule has 36 heavy (non-hydrogen) atoms. The van der Waals surface area contributed by atoms with Gasteiger partial charge >= 0.3 is 0 Å². The van der Waals surface area contributed by atoms with Crippen molar-refractivity contribution in [3.05, 3.63) is 24.3 Å². The van der Waals surface area contributed by atoms with Crippen LogP contribution in [0.3, 0.4) is 0 Å². The minimum atomic E-state index is -0.537. The topological polar surface area (TPSA) is 129 Å². The van der Waals surface area contributed by atoms with Gasteiger partial charge in [-0.15, -0.1) is 0 Å². The van der Waals surface area contributed by atoms with E-state index < -0.39 is 5.60 Å². The van der Waals surface area contributed by atoms with Crippen LogP contribution in [0.1, 0.15) is 62.5 Å². The first-order chi connectivity index (χ1) is 17.4. The molecule has 3 fully saturated rings. The predicted octanol–water partition coefficient (Wildman–Crippen LogP) is 3.61. The number of aromatic nitrogens is 4. The van der Waals surface area contributed by atoms with Gasteiger partial charge in [-0.3, -0.25) is 4.79 Å². The Hall–Kier alpha value is -2.98. The van der Waals surface area contributed by atoms with E-state index in [1.807, 2.05) is 12.3 Å². The van der Waals surface area contributed by atoms with E-state index in [0.717, 1.165) is 61.7 Å². The highest BCUT2D eigenvalue weighted by atomic mass is 16.5. The molecule has 10 nitrogen and oxygen atoms in total. The predicted molar refractivity (Wildman–Crippen MR) is 133 cm³/mol. The summed E-state index contributed by atoms with van der Waals surface area (Å²) in [4.78, 5) is 27.0. The van der Waals surface area contributed by atoms with Gasteiger partial charge in [-0.2, -0.15) is 4.98 Å². The zero-order valence-electron chi connectivity index (χ0n) is 20.9. The van der Waals surface area contributed by atoms with Crippen LogP contribution in [0.2, 0.25) is 0 Å². The standard InChI is InChI=1S/C26H34N6O4/c1-15-11-16-13-26(34,12-15)7-3-20(16)29-21-18-4-8-27-22(18)28-14-19(21)24-30-23(31-36-24)25(33)32-9-5-17(35-2)6-10-32/h4,8,14-17,20,34H,3,5-7,9-13H2,1-2H3,(H2,27,28,29)/t15?,16-,20-,26-/m1/s1. The number of ether oxygens (including phenoxy) is 1. The lowest BCUT2D eigenvalue weighted by Gasteiger charge is -2.48. The number of carbonyl (C=O) groups excluding carboxylic acids is 1. The van der Waals surface area contributed by atoms with Crippen LogP contribution < -0.4 is 5.32 Å². The van der Waals surface area contributed by atoms with E-state index in [4.69, 9.17) is 9.26 Å². The number of aliphatic hydroxyl groups is 1. The molecule has 3 aromatic rings. The van der Waals surface area contributed by atoms with Crippen LogP contribution in [-0.4, -0.2) is 74.0 Å². The lowest BCUT2D eigenvalue weighted by Crippen LogP contribution is -2.49. The third-order valence-electron chi connectivity index (χ3n) is 8.39. The van der Waals surface area contributed by atoms with Crippen LogP contribution in [0.15, 0.2) is 23.0 Å². The van der Waals surface area contributed by atoms with E-state index in [1.165, 1.54) is 0 Å². The normalized spacial score (nSPS) is 29.0. The van der Waals surface area contributed by atoms with Gasteiger partial charge in [-0.25, -0.2) is 4.98 Å². The molecule has 2 saturated carbocycles. The highest BCUT2D eigenvalue weighted by Gasteiger charge is 2.45. The Morgan fingerprint density at radius 2 is 2.14 bits per heavy atom. The minimum Gasteiger partial charge on any atom is -0.390 e. The lowest BCUT2D eigenvalue weighted by molar-refractivity contribution is -0.0677. The van der Waals surface area contributed by atoms with Gasteiger partial charge in [0.2, 0.25) is 0 Å². The van der Waals surface area contributed by atoms with Crippen LogP contribution in [0.5, 0.6) is 0 Å². The molecule has 0 radical (unpaired) electrons. The summed E-state index contributed by atoms with van der Waals surface area (Å²) in [5, 5.41) is 19.7. The van der Waals surface area contributed by atoms with Crippen LogP contribution >= 0.6 is 0 Å². The number of aromatic amines is 1. The van der Waals surface area contributed by atoms with Crippen molar-refractivity contribution in [2.24, 2.45) is 11.8 Å². The second-order valence-electron chi connectivity index (χ2n) is 11.0. The summed E-state index contributed by atoms with van der Waals surface area (Å²) in [6.07, 6.45) is 9.85. The Bertz CT molecular complexity index is 1250. The summed E-state index contributed by atoms with van der Waals surface area (Å²) in [7, 11) is 1.71. The third-order valence-corrected chi connectivity index (χ3v) is 8.39. The first kappa shape index (κ1) is 23.4. The number of nitrogens with one attached hydrogen (secondary N) is 2. The van der Waals surface area contributed by atoms with Gasteiger partial charge in [-0.05, 0) is 62.8 Å². The number of H-pyrrole nitrogens is 1. The quantitative estimate of drug-likeness (QED) is 0.491. The summed E-state index contributed by atoms with van der Waals surface area (Å²) < 4.78 is 11.0. The van der Waals surface area contributed by atoms with E-state index in [1.54, 1.807) is 18.2 Å². The number of piperidine rings is 1. The monoisotopic (exact) mass is 494 g/mol. The Balaban J connectivity index is 1.28. The van der Waals surface area contributed by atoms with Crippen LogP contribution in [0, 0.1) is 11.8 Å². The maximum absolute atomic E-state index is 13.0. The fourth-order valence-electron chi connectivity index (χ4n) is 6.63. The van der Waals surface area contributed by atoms with Gasteiger partial charge in [0.1, 0.15) is 5.65 Å². The van der Waals surface area contributed by atoms with E-state index in [0.29, 0.717) is 30.5 Å². The Morgan fingerprint density at radius 3 is 2.94 bits per heavy atom. The molecule has 1 amide bonds. The SMILES string of the molecule is COC1CCN(C(=O)c2noc(-c3cnc4[nH]ccc4c3N[C@@H]3CC[C@@]4(O)CC(C)C[C@@H]3C4)n2)CC1. The number of hydrogen-bond acceptors (Lipinski definition) is 8. The summed E-state index contributed by atoms with van der Waals surface area (Å²) in [6.45, 7) is 3.45. The summed E-state index contributed by atoms with van der Waals surface area (Å²) in [6, 6.07) is 2.21. The summed E-state index contributed by atoms with van der Waals surface area (Å²) >= 11 is 0. The van der Waals surface area contributed by atoms with Crippen molar-refractivity contribution in [2.45, 2.75) is 69.6 Å². The number of nitrogens with zero attached hydrogens (tertiary/aromatic N) is 4. The summed E-state index contributed by atoms with van der Waals surface area (Å²) in [5.41, 5.74) is 1.78. The Kier molecular flexibility index (Phi) is 5.95. The number of pyridine rings is 1. The molecule has 192 valence electrons. The number of rotatable bonds is 5. The summed E-state index contributed by atoms with van der Waals surface area (Å²) in [5.74, 6) is 0.989. The molecule has 3 N–H and O–H groups in total. The first-order valence-corrected chi connectivity index (χ1v) is 13.0. The van der Waals surface area contributed by atoms with E-state index in [9.17, 15) is 9.90 Å². The molecular formula is C26H34N6O4. The van der Waals surface area contributed by atoms with Crippen molar-refractivity contribution < 1.29 is 19.2 Å². The third kappa shape index (κ3) is 4.26. The maximum atomic E-state index is 13.0. The minimum absolute atomic E-state index is 0.0600. The van der Waals surface area contributed by atoms with Gasteiger partial charge in [-0.1, -0.05) is 12.1 Å². The molecule has 4 heterocycles. The number of carbonyl (C=O) groups is 1. The molecule has 3 aliphatic rings. The number of likely N-dealkylation sites (tertiary alicyclic amines) is 1. The highest BCUT2D eigenvalue weighted by molar-refractivity contribution is 5.97. The van der Waals surface area contributed by atoms with Gasteiger partial charge in [0.15, 0.2) is 0 Å². The van der Waals surface area contributed by atoms with Crippen molar-refractivity contribution in [3.63, 3.8) is 0 Å². The van der Waals surface area contributed by atoms with Gasteiger partial charge in [0.05, 0.1) is 23.0 Å². The van der Waals surface area contributed by atoms with E-state index in [2.05, 4.69) is 32.3 Å². The van der Waals surface area contributed by atoms with Crippen molar-refractivity contribution in [3.8, 4) is 11.5 Å². The smallest absolute Gasteiger partial charge is 0.295 e. The number of hydrogen-bond donors (Lipinski definition) is 3. The zero-order valence-corrected chi connectivity index (χ0v) is 20.9. The van der Waals surface area contributed by atoms with Crippen LogP contribution in [0.4, 0.5) is 5.69 Å². The van der Waals surface area contributed by atoms with Crippen molar-refractivity contribution in [1.82, 2.24) is 25.0 Å². The molecule has 1 unspecified atom stereocenters. The Morgan fingerprint density at radius 1 is 1.31 bits per heavy atom. The number of methoxy groups -OCH3 is 1. The molecule has 6 rings (SSSR count). The molecule has 4 atom stereocenters. The van der Waals surface area contributed by atoms with Crippen molar-refractivity contribution in [1.29, 1.82) is 0 Å². The molecule has 0 spiro atoms. The van der Waals surface area contributed by atoms with Gasteiger partial charge in [0, 0.05) is 44.0 Å². The molecule has 0 aromatic carbocycles. The van der Waals surface area contributed by atoms with Crippen LogP contribution in [-0.2, 0) is 4.74 Å². The fraction of sp³-hybridized carbons (Fsp3) is 0.615.